The van der Waals surface area contributed by atoms with Crippen molar-refractivity contribution in [3.05, 3.63) is 11.4 Å². The number of amides is 1. The lowest BCUT2D eigenvalue weighted by atomic mass is 10.2. The van der Waals surface area contributed by atoms with Crippen LogP contribution in [0.1, 0.15) is 30.1 Å². The molecule has 0 bridgehead atoms. The van der Waals surface area contributed by atoms with Crippen LogP contribution in [0, 0.1) is 6.92 Å². The highest BCUT2D eigenvalue weighted by Gasteiger charge is 2.32. The summed E-state index contributed by atoms with van der Waals surface area (Å²) in [5, 5.41) is 0. The van der Waals surface area contributed by atoms with Gasteiger partial charge in [0.15, 0.2) is 0 Å². The van der Waals surface area contributed by atoms with Gasteiger partial charge < -0.3 is 10.5 Å². The third kappa shape index (κ3) is 1.25. The Hall–Kier alpha value is -1.52. The number of carbonyl (C=O) groups excluding carboxylic acids is 1. The van der Waals surface area contributed by atoms with Gasteiger partial charge in [-0.15, -0.1) is 0 Å². The molecule has 1 aliphatic carbocycles. The largest absolute Gasteiger partial charge is 0.468 e. The molecule has 1 aromatic rings. The van der Waals surface area contributed by atoms with E-state index in [1.54, 1.807) is 0 Å². The van der Waals surface area contributed by atoms with Crippen molar-refractivity contribution in [1.29, 1.82) is 0 Å². The van der Waals surface area contributed by atoms with E-state index < -0.39 is 6.03 Å². The maximum atomic E-state index is 11.2. The maximum Gasteiger partial charge on any atom is 0.327 e. The Labute approximate surface area is 81.9 Å². The Morgan fingerprint density at radius 2 is 2.29 bits per heavy atom. The minimum Gasteiger partial charge on any atom is -0.468 e. The molecule has 0 aliphatic heterocycles. The Kier molecular flexibility index (Phi) is 1.94. The Bertz CT molecular complexity index is 380. The van der Waals surface area contributed by atoms with Crippen LogP contribution in [0.3, 0.4) is 0 Å². The lowest BCUT2D eigenvalue weighted by Gasteiger charge is -2.05. The summed E-state index contributed by atoms with van der Waals surface area (Å²) >= 11 is 0. The highest BCUT2D eigenvalue weighted by atomic mass is 16.5. The van der Waals surface area contributed by atoms with Gasteiger partial charge in [0.2, 0.25) is 0 Å². The van der Waals surface area contributed by atoms with Crippen LogP contribution in [-0.2, 0) is 0 Å². The molecule has 5 heteroatoms. The predicted octanol–water partition coefficient (Wildman–Crippen LogP) is 1.00. The van der Waals surface area contributed by atoms with Gasteiger partial charge in [-0.1, -0.05) is 0 Å². The van der Waals surface area contributed by atoms with E-state index in [9.17, 15) is 4.79 Å². The number of primary amides is 1. The molecule has 0 atom stereocenters. The third-order valence-corrected chi connectivity index (χ3v) is 2.43. The zero-order valence-electron chi connectivity index (χ0n) is 8.28. The van der Waals surface area contributed by atoms with E-state index in [0.29, 0.717) is 5.92 Å². The van der Waals surface area contributed by atoms with E-state index in [2.05, 4.69) is 4.98 Å². The summed E-state index contributed by atoms with van der Waals surface area (Å²) in [6, 6.07) is -0.235. The first kappa shape index (κ1) is 9.05. The third-order valence-electron chi connectivity index (χ3n) is 2.43. The van der Waals surface area contributed by atoms with Crippen molar-refractivity contribution in [2.75, 3.05) is 7.11 Å². The molecular formula is C9H13N3O2. The quantitative estimate of drug-likeness (QED) is 0.765. The number of rotatable bonds is 2. The molecule has 2 N–H and O–H groups in total. The molecule has 0 radical (unpaired) electrons. The number of aromatic nitrogens is 2. The van der Waals surface area contributed by atoms with Gasteiger partial charge in [-0.2, -0.15) is 4.98 Å². The number of hydrogen-bond acceptors (Lipinski definition) is 3. The molecule has 1 fully saturated rings. The van der Waals surface area contributed by atoms with E-state index in [4.69, 9.17) is 10.5 Å². The fraction of sp³-hybridized carbons (Fsp3) is 0.556. The number of ether oxygens (including phenoxy) is 1. The summed E-state index contributed by atoms with van der Waals surface area (Å²) < 4.78 is 6.37. The fourth-order valence-corrected chi connectivity index (χ4v) is 1.70. The van der Waals surface area contributed by atoms with Crippen LogP contribution in [0.4, 0.5) is 4.79 Å². The van der Waals surface area contributed by atoms with Gasteiger partial charge in [-0.05, 0) is 19.8 Å². The topological polar surface area (TPSA) is 70.1 Å². The first-order valence-electron chi connectivity index (χ1n) is 4.58. The van der Waals surface area contributed by atoms with E-state index in [1.807, 2.05) is 6.92 Å². The molecule has 1 saturated carbocycles. The second kappa shape index (κ2) is 3.01. The van der Waals surface area contributed by atoms with Gasteiger partial charge in [0.25, 0.3) is 0 Å². The molecule has 2 rings (SSSR count). The highest BCUT2D eigenvalue weighted by Crippen LogP contribution is 2.42. The summed E-state index contributed by atoms with van der Waals surface area (Å²) in [4.78, 5) is 15.4. The molecule has 0 unspecified atom stereocenters. The smallest absolute Gasteiger partial charge is 0.327 e. The number of nitrogens with zero attached hydrogens (tertiary/aromatic N) is 2. The molecule has 76 valence electrons. The second-order valence-electron chi connectivity index (χ2n) is 3.52. The molecule has 14 heavy (non-hydrogen) atoms. The maximum absolute atomic E-state index is 11.2. The molecule has 5 nitrogen and oxygen atoms in total. The first-order valence-corrected chi connectivity index (χ1v) is 4.58. The SMILES string of the molecule is COc1nc(C)c(C2CC2)n1C(N)=O. The molecule has 1 aromatic heterocycles. The van der Waals surface area contributed by atoms with Crippen molar-refractivity contribution in [2.45, 2.75) is 25.7 Å². The standard InChI is InChI=1S/C9H13N3O2/c1-5-7(6-3-4-6)12(8(10)13)9(11-5)14-2/h6H,3-4H2,1-2H3,(H2,10,13). The lowest BCUT2D eigenvalue weighted by Crippen LogP contribution is -2.22. The van der Waals surface area contributed by atoms with Crippen LogP contribution in [0.5, 0.6) is 6.01 Å². The van der Waals surface area contributed by atoms with Crippen molar-refractivity contribution in [2.24, 2.45) is 5.73 Å². The van der Waals surface area contributed by atoms with Gasteiger partial charge >= 0.3 is 12.0 Å². The highest BCUT2D eigenvalue weighted by molar-refractivity contribution is 5.77. The van der Waals surface area contributed by atoms with Crippen LogP contribution in [0.2, 0.25) is 0 Å². The van der Waals surface area contributed by atoms with Crippen LogP contribution in [-0.4, -0.2) is 22.7 Å². The van der Waals surface area contributed by atoms with Crippen LogP contribution in [0.25, 0.3) is 0 Å². The van der Waals surface area contributed by atoms with Crippen LogP contribution >= 0.6 is 0 Å². The summed E-state index contributed by atoms with van der Waals surface area (Å²) in [5.41, 5.74) is 7.02. The van der Waals surface area contributed by atoms with Crippen molar-refractivity contribution in [3.8, 4) is 6.01 Å². The average Bonchev–Trinajstić information content (AvgIpc) is 2.89. The van der Waals surface area contributed by atoms with Crippen molar-refractivity contribution >= 4 is 6.03 Å². The monoisotopic (exact) mass is 195 g/mol. The van der Waals surface area contributed by atoms with Gasteiger partial charge in [-0.25, -0.2) is 9.36 Å². The zero-order chi connectivity index (χ0) is 10.3. The van der Waals surface area contributed by atoms with Gasteiger partial charge in [0, 0.05) is 5.92 Å². The minimum atomic E-state index is -0.524. The average molecular weight is 195 g/mol. The number of nitrogens with two attached hydrogens (primary N) is 1. The number of imidazole rings is 1. The van der Waals surface area contributed by atoms with E-state index in [1.165, 1.54) is 11.7 Å². The number of aryl methyl sites for hydroxylation is 1. The molecule has 1 heterocycles. The molecule has 1 amide bonds. The van der Waals surface area contributed by atoms with Crippen LogP contribution in [0.15, 0.2) is 0 Å². The number of methoxy groups -OCH3 is 1. The van der Waals surface area contributed by atoms with Gasteiger partial charge in [-0.3, -0.25) is 0 Å². The predicted molar refractivity (Wildman–Crippen MR) is 50.5 cm³/mol. The molecule has 1 aliphatic rings. The molecule has 0 aromatic carbocycles. The zero-order valence-corrected chi connectivity index (χ0v) is 8.28. The summed E-state index contributed by atoms with van der Waals surface area (Å²) in [7, 11) is 1.48. The van der Waals surface area contributed by atoms with Crippen molar-refractivity contribution in [3.63, 3.8) is 0 Å². The molecule has 0 spiro atoms. The van der Waals surface area contributed by atoms with Gasteiger partial charge in [0.05, 0.1) is 18.5 Å². The lowest BCUT2D eigenvalue weighted by molar-refractivity contribution is 0.245. The second-order valence-corrected chi connectivity index (χ2v) is 3.52. The normalized spacial score (nSPS) is 15.6. The number of hydrogen-bond donors (Lipinski definition) is 1. The van der Waals surface area contributed by atoms with E-state index in [0.717, 1.165) is 24.2 Å². The Balaban J connectivity index is 2.54. The first-order chi connectivity index (χ1) is 6.65. The van der Waals surface area contributed by atoms with Crippen molar-refractivity contribution in [1.82, 2.24) is 9.55 Å². The van der Waals surface area contributed by atoms with E-state index >= 15 is 0 Å². The number of carbonyl (C=O) groups is 1. The summed E-state index contributed by atoms with van der Waals surface area (Å²) in [6.07, 6.45) is 2.20. The minimum absolute atomic E-state index is 0.289. The van der Waals surface area contributed by atoms with Crippen molar-refractivity contribution < 1.29 is 9.53 Å². The molecule has 0 saturated heterocycles. The van der Waals surface area contributed by atoms with E-state index in [-0.39, 0.29) is 6.01 Å². The Morgan fingerprint density at radius 3 is 2.71 bits per heavy atom. The Morgan fingerprint density at radius 1 is 1.64 bits per heavy atom. The molecular weight excluding hydrogens is 182 g/mol. The summed E-state index contributed by atoms with van der Waals surface area (Å²) in [6.45, 7) is 1.87. The van der Waals surface area contributed by atoms with Crippen LogP contribution < -0.4 is 10.5 Å². The van der Waals surface area contributed by atoms with Gasteiger partial charge in [0.1, 0.15) is 0 Å². The summed E-state index contributed by atoms with van der Waals surface area (Å²) in [5.74, 6) is 0.430. The fourth-order valence-electron chi connectivity index (χ4n) is 1.70.